The van der Waals surface area contributed by atoms with Gasteiger partial charge in [0, 0.05) is 17.2 Å². The second-order valence-corrected chi connectivity index (χ2v) is 7.90. The Kier molecular flexibility index (Phi) is 5.68. The average molecular weight is 402 g/mol. The van der Waals surface area contributed by atoms with Gasteiger partial charge in [0.25, 0.3) is 0 Å². The van der Waals surface area contributed by atoms with E-state index in [1.54, 1.807) is 31.2 Å². The lowest BCUT2D eigenvalue weighted by atomic mass is 10.0. The first-order valence-corrected chi connectivity index (χ1v) is 9.90. The van der Waals surface area contributed by atoms with Gasteiger partial charge in [-0.1, -0.05) is 24.3 Å². The number of benzene rings is 2. The number of aromatic nitrogens is 2. The van der Waals surface area contributed by atoms with E-state index in [-0.39, 0.29) is 22.9 Å². The summed E-state index contributed by atoms with van der Waals surface area (Å²) in [6.07, 6.45) is 2.70. The van der Waals surface area contributed by atoms with E-state index in [1.165, 1.54) is 30.6 Å². The predicted molar refractivity (Wildman–Crippen MR) is 104 cm³/mol. The van der Waals surface area contributed by atoms with Gasteiger partial charge in [0.05, 0.1) is 29.6 Å². The Labute approximate surface area is 162 Å². The number of anilines is 1. The number of nitrogens with one attached hydrogen (secondary N) is 1. The highest BCUT2D eigenvalue weighted by Crippen LogP contribution is 2.31. The van der Waals surface area contributed by atoms with Crippen molar-refractivity contribution in [2.75, 3.05) is 12.3 Å². The standard InChI is InChI=1S/C19H19FN4O3S/c1-12(11-25)24-28(26,27)18-5-3-2-4-14(18)13-6-7-15(16(20)8-13)17-9-23-19(21)10-22-17/h2-10,12,24-25H,11H2,1H3,(H2,21,23)/t12-/m0/s1. The van der Waals surface area contributed by atoms with E-state index in [0.717, 1.165) is 0 Å². The van der Waals surface area contributed by atoms with Gasteiger partial charge < -0.3 is 10.8 Å². The smallest absolute Gasteiger partial charge is 0.241 e. The van der Waals surface area contributed by atoms with Gasteiger partial charge in [0.1, 0.15) is 11.6 Å². The molecule has 0 saturated heterocycles. The Bertz CT molecular complexity index is 1090. The molecular weight excluding hydrogens is 383 g/mol. The van der Waals surface area contributed by atoms with Gasteiger partial charge in [-0.15, -0.1) is 0 Å². The van der Waals surface area contributed by atoms with Gasteiger partial charge in [-0.05, 0) is 30.7 Å². The molecule has 146 valence electrons. The molecule has 0 fully saturated rings. The highest BCUT2D eigenvalue weighted by Gasteiger charge is 2.21. The van der Waals surface area contributed by atoms with Crippen LogP contribution in [0.2, 0.25) is 0 Å². The molecule has 0 amide bonds. The number of sulfonamides is 1. The van der Waals surface area contributed by atoms with Crippen molar-refractivity contribution < 1.29 is 17.9 Å². The zero-order valence-corrected chi connectivity index (χ0v) is 15.8. The highest BCUT2D eigenvalue weighted by molar-refractivity contribution is 7.89. The number of rotatable bonds is 6. The van der Waals surface area contributed by atoms with Crippen molar-refractivity contribution in [3.63, 3.8) is 0 Å². The third-order valence-corrected chi connectivity index (χ3v) is 5.68. The van der Waals surface area contributed by atoms with E-state index >= 15 is 0 Å². The van der Waals surface area contributed by atoms with Crippen molar-refractivity contribution >= 4 is 15.8 Å². The summed E-state index contributed by atoms with van der Waals surface area (Å²) < 4.78 is 42.4. The Morgan fingerprint density at radius 1 is 1.14 bits per heavy atom. The maximum Gasteiger partial charge on any atom is 0.241 e. The molecule has 28 heavy (non-hydrogen) atoms. The molecule has 0 saturated carbocycles. The van der Waals surface area contributed by atoms with Gasteiger partial charge in [0.15, 0.2) is 0 Å². The first kappa shape index (κ1) is 19.9. The number of hydrogen-bond acceptors (Lipinski definition) is 6. The molecule has 1 atom stereocenters. The number of nitrogens with zero attached hydrogens (tertiary/aromatic N) is 2. The molecule has 0 radical (unpaired) electrons. The first-order valence-electron chi connectivity index (χ1n) is 8.42. The highest BCUT2D eigenvalue weighted by atomic mass is 32.2. The number of aliphatic hydroxyl groups excluding tert-OH is 1. The topological polar surface area (TPSA) is 118 Å². The lowest BCUT2D eigenvalue weighted by molar-refractivity contribution is 0.265. The predicted octanol–water partition coefficient (Wildman–Crippen LogP) is 2.19. The van der Waals surface area contributed by atoms with E-state index in [4.69, 9.17) is 10.8 Å². The fourth-order valence-electron chi connectivity index (χ4n) is 2.67. The van der Waals surface area contributed by atoms with Crippen LogP contribution < -0.4 is 10.5 Å². The second kappa shape index (κ2) is 8.01. The van der Waals surface area contributed by atoms with Crippen LogP contribution in [0.4, 0.5) is 10.2 Å². The van der Waals surface area contributed by atoms with E-state index in [9.17, 15) is 12.8 Å². The van der Waals surface area contributed by atoms with E-state index in [0.29, 0.717) is 16.8 Å². The molecule has 4 N–H and O–H groups in total. The van der Waals surface area contributed by atoms with Crippen LogP contribution in [-0.4, -0.2) is 36.1 Å². The van der Waals surface area contributed by atoms with Gasteiger partial charge in [-0.25, -0.2) is 22.5 Å². The first-order chi connectivity index (χ1) is 13.3. The van der Waals surface area contributed by atoms with Crippen molar-refractivity contribution in [1.82, 2.24) is 14.7 Å². The zero-order valence-electron chi connectivity index (χ0n) is 15.0. The van der Waals surface area contributed by atoms with Crippen molar-refractivity contribution in [3.8, 4) is 22.4 Å². The van der Waals surface area contributed by atoms with Crippen molar-refractivity contribution in [3.05, 3.63) is 60.7 Å². The molecule has 3 rings (SSSR count). The summed E-state index contributed by atoms with van der Waals surface area (Å²) in [5.41, 5.74) is 6.77. The summed E-state index contributed by atoms with van der Waals surface area (Å²) in [6, 6.07) is 9.99. The molecule has 1 aromatic heterocycles. The third kappa shape index (κ3) is 4.16. The maximum atomic E-state index is 14.7. The van der Waals surface area contributed by atoms with E-state index in [1.807, 2.05) is 0 Å². The van der Waals surface area contributed by atoms with Crippen LogP contribution in [0.5, 0.6) is 0 Å². The number of nitrogen functional groups attached to an aromatic ring is 1. The molecule has 0 aliphatic heterocycles. The molecule has 0 bridgehead atoms. The number of nitrogens with two attached hydrogens (primary N) is 1. The van der Waals surface area contributed by atoms with E-state index in [2.05, 4.69) is 14.7 Å². The second-order valence-electron chi connectivity index (χ2n) is 6.22. The molecule has 0 unspecified atom stereocenters. The van der Waals surface area contributed by atoms with Crippen molar-refractivity contribution in [1.29, 1.82) is 0 Å². The quantitative estimate of drug-likeness (QED) is 0.582. The molecule has 0 spiro atoms. The lowest BCUT2D eigenvalue weighted by Crippen LogP contribution is -2.35. The number of hydrogen-bond donors (Lipinski definition) is 3. The SMILES string of the molecule is C[C@@H](CO)NS(=O)(=O)c1ccccc1-c1ccc(-c2cnc(N)cn2)c(F)c1. The summed E-state index contributed by atoms with van der Waals surface area (Å²) in [5.74, 6) is -0.343. The summed E-state index contributed by atoms with van der Waals surface area (Å²) in [5, 5.41) is 9.13. The average Bonchev–Trinajstić information content (AvgIpc) is 2.68. The minimum Gasteiger partial charge on any atom is -0.395 e. The van der Waals surface area contributed by atoms with E-state index < -0.39 is 21.9 Å². The maximum absolute atomic E-state index is 14.7. The largest absolute Gasteiger partial charge is 0.395 e. The summed E-state index contributed by atoms with van der Waals surface area (Å²) >= 11 is 0. The van der Waals surface area contributed by atoms with Crippen LogP contribution in [0.1, 0.15) is 6.92 Å². The molecule has 2 aromatic carbocycles. The van der Waals surface area contributed by atoms with Gasteiger partial charge in [-0.2, -0.15) is 0 Å². The summed E-state index contributed by atoms with van der Waals surface area (Å²) in [4.78, 5) is 7.95. The Hall–Kier alpha value is -2.88. The van der Waals surface area contributed by atoms with Crippen LogP contribution in [0, 0.1) is 5.82 Å². The monoisotopic (exact) mass is 402 g/mol. The molecule has 1 heterocycles. The van der Waals surface area contributed by atoms with Crippen molar-refractivity contribution in [2.45, 2.75) is 17.9 Å². The van der Waals surface area contributed by atoms with Gasteiger partial charge >= 0.3 is 0 Å². The minimum absolute atomic E-state index is 0.00488. The molecule has 9 heteroatoms. The summed E-state index contributed by atoms with van der Waals surface area (Å²) in [6.45, 7) is 1.20. The fraction of sp³-hybridized carbons (Fsp3) is 0.158. The third-order valence-electron chi connectivity index (χ3n) is 4.03. The molecule has 3 aromatic rings. The van der Waals surface area contributed by atoms with Gasteiger partial charge in [-0.3, -0.25) is 4.98 Å². The lowest BCUT2D eigenvalue weighted by Gasteiger charge is -2.15. The Morgan fingerprint density at radius 3 is 2.54 bits per heavy atom. The number of aliphatic hydroxyl groups is 1. The molecule has 0 aliphatic rings. The minimum atomic E-state index is -3.90. The normalized spacial score (nSPS) is 12.7. The number of halogens is 1. The van der Waals surface area contributed by atoms with Crippen LogP contribution in [-0.2, 0) is 10.0 Å². The van der Waals surface area contributed by atoms with Crippen LogP contribution >= 0.6 is 0 Å². The van der Waals surface area contributed by atoms with Crippen LogP contribution in [0.15, 0.2) is 59.8 Å². The molecule has 0 aliphatic carbocycles. The van der Waals surface area contributed by atoms with Crippen LogP contribution in [0.25, 0.3) is 22.4 Å². The summed E-state index contributed by atoms with van der Waals surface area (Å²) in [7, 11) is -3.90. The molecule has 7 nitrogen and oxygen atoms in total. The fourth-order valence-corrected chi connectivity index (χ4v) is 4.14. The zero-order chi connectivity index (χ0) is 20.3. The van der Waals surface area contributed by atoms with Gasteiger partial charge in [0.2, 0.25) is 10.0 Å². The van der Waals surface area contributed by atoms with Crippen molar-refractivity contribution in [2.24, 2.45) is 0 Å². The molecular formula is C19H19FN4O3S. The Morgan fingerprint density at radius 2 is 1.89 bits per heavy atom. The Balaban J connectivity index is 2.03. The van der Waals surface area contributed by atoms with Crippen LogP contribution in [0.3, 0.4) is 0 Å².